The average molecular weight is 299 g/mol. The zero-order chi connectivity index (χ0) is 15.9. The molecule has 0 aromatic carbocycles. The Morgan fingerprint density at radius 3 is 2.48 bits per heavy atom. The Balaban J connectivity index is 2.04. The first-order valence-electron chi connectivity index (χ1n) is 8.17. The van der Waals surface area contributed by atoms with Crippen LogP contribution in [0.3, 0.4) is 0 Å². The van der Waals surface area contributed by atoms with Gasteiger partial charge in [0.15, 0.2) is 0 Å². The number of rotatable bonds is 6. The van der Waals surface area contributed by atoms with E-state index in [2.05, 4.69) is 29.5 Å². The van der Waals surface area contributed by atoms with Gasteiger partial charge in [0.2, 0.25) is 0 Å². The molecule has 0 radical (unpaired) electrons. The maximum atomic E-state index is 11.5. The highest BCUT2D eigenvalue weighted by Crippen LogP contribution is 2.19. The van der Waals surface area contributed by atoms with Gasteiger partial charge in [-0.2, -0.15) is 0 Å². The summed E-state index contributed by atoms with van der Waals surface area (Å²) in [5, 5.41) is 6.37. The Bertz CT molecular complexity index is 307. The predicted molar refractivity (Wildman–Crippen MR) is 86.5 cm³/mol. The van der Waals surface area contributed by atoms with Crippen LogP contribution in [0.25, 0.3) is 0 Å². The number of amides is 1. The Hall–Kier alpha value is -0.810. The number of ether oxygens (including phenoxy) is 1. The zero-order valence-electron chi connectivity index (χ0n) is 14.4. The summed E-state index contributed by atoms with van der Waals surface area (Å²) < 4.78 is 5.20. The van der Waals surface area contributed by atoms with Gasteiger partial charge in [-0.3, -0.25) is 0 Å². The van der Waals surface area contributed by atoms with Gasteiger partial charge >= 0.3 is 6.09 Å². The van der Waals surface area contributed by atoms with Gasteiger partial charge in [0.25, 0.3) is 0 Å². The quantitative estimate of drug-likeness (QED) is 0.739. The summed E-state index contributed by atoms with van der Waals surface area (Å²) in [7, 11) is 2.19. The highest BCUT2D eigenvalue weighted by Gasteiger charge is 2.21. The first-order chi connectivity index (χ1) is 9.78. The second kappa shape index (κ2) is 8.59. The van der Waals surface area contributed by atoms with Crippen molar-refractivity contribution in [1.29, 1.82) is 0 Å². The minimum Gasteiger partial charge on any atom is -0.444 e. The summed E-state index contributed by atoms with van der Waals surface area (Å²) in [4.78, 5) is 13.9. The van der Waals surface area contributed by atoms with Crippen LogP contribution in [0.4, 0.5) is 4.79 Å². The standard InChI is InChI=1S/C16H33N3O2/c1-13(14-7-11-19(5)12-8-14)17-9-6-10-18-15(20)21-16(2,3)4/h13-14,17H,6-12H2,1-5H3,(H,18,20). The smallest absolute Gasteiger partial charge is 0.407 e. The van der Waals surface area contributed by atoms with Gasteiger partial charge in [-0.1, -0.05) is 0 Å². The monoisotopic (exact) mass is 299 g/mol. The van der Waals surface area contributed by atoms with Crippen molar-refractivity contribution in [2.75, 3.05) is 33.2 Å². The second-order valence-electron chi connectivity index (χ2n) is 7.17. The van der Waals surface area contributed by atoms with Crippen LogP contribution in [0.2, 0.25) is 0 Å². The van der Waals surface area contributed by atoms with Crippen LogP contribution in [0.1, 0.15) is 47.0 Å². The zero-order valence-corrected chi connectivity index (χ0v) is 14.4. The minimum absolute atomic E-state index is 0.328. The van der Waals surface area contributed by atoms with Gasteiger partial charge in [0.1, 0.15) is 5.60 Å². The molecule has 0 bridgehead atoms. The Labute approximate surface area is 129 Å². The number of nitrogens with zero attached hydrogens (tertiary/aromatic N) is 1. The van der Waals surface area contributed by atoms with E-state index < -0.39 is 5.60 Å². The Morgan fingerprint density at radius 2 is 1.90 bits per heavy atom. The molecule has 0 aliphatic carbocycles. The molecule has 1 heterocycles. The third kappa shape index (κ3) is 8.27. The van der Waals surface area contributed by atoms with Crippen molar-refractivity contribution in [1.82, 2.24) is 15.5 Å². The Morgan fingerprint density at radius 1 is 1.29 bits per heavy atom. The van der Waals surface area contributed by atoms with Crippen molar-refractivity contribution in [3.05, 3.63) is 0 Å². The van der Waals surface area contributed by atoms with Crippen LogP contribution in [0, 0.1) is 5.92 Å². The molecule has 1 aliphatic heterocycles. The van der Waals surface area contributed by atoms with E-state index in [0.717, 1.165) is 18.9 Å². The molecular formula is C16H33N3O2. The maximum absolute atomic E-state index is 11.5. The number of carbonyl (C=O) groups is 1. The van der Waals surface area contributed by atoms with Crippen LogP contribution in [-0.4, -0.2) is 55.9 Å². The first kappa shape index (κ1) is 18.2. The summed E-state index contributed by atoms with van der Waals surface area (Å²) in [5.74, 6) is 0.778. The van der Waals surface area contributed by atoms with Gasteiger partial charge < -0.3 is 20.3 Å². The van der Waals surface area contributed by atoms with Crippen LogP contribution in [0.5, 0.6) is 0 Å². The average Bonchev–Trinajstić information content (AvgIpc) is 2.36. The largest absolute Gasteiger partial charge is 0.444 e. The molecule has 1 atom stereocenters. The van der Waals surface area contributed by atoms with Crippen LogP contribution < -0.4 is 10.6 Å². The molecule has 0 aromatic heterocycles. The molecule has 124 valence electrons. The first-order valence-corrected chi connectivity index (χ1v) is 8.17. The van der Waals surface area contributed by atoms with Gasteiger partial charge in [-0.05, 0) is 79.6 Å². The molecule has 0 spiro atoms. The molecule has 1 fully saturated rings. The molecule has 2 N–H and O–H groups in total. The number of piperidine rings is 1. The molecule has 0 aromatic rings. The number of alkyl carbamates (subject to hydrolysis) is 1. The van der Waals surface area contributed by atoms with Gasteiger partial charge in [0.05, 0.1) is 0 Å². The molecule has 1 amide bonds. The van der Waals surface area contributed by atoms with Crippen LogP contribution in [0.15, 0.2) is 0 Å². The lowest BCUT2D eigenvalue weighted by Gasteiger charge is -2.33. The summed E-state index contributed by atoms with van der Waals surface area (Å²) >= 11 is 0. The van der Waals surface area contributed by atoms with Crippen molar-refractivity contribution in [2.45, 2.75) is 58.6 Å². The molecule has 21 heavy (non-hydrogen) atoms. The lowest BCUT2D eigenvalue weighted by molar-refractivity contribution is 0.0527. The summed E-state index contributed by atoms with van der Waals surface area (Å²) in [6.45, 7) is 11.9. The van der Waals surface area contributed by atoms with Crippen molar-refractivity contribution >= 4 is 6.09 Å². The highest BCUT2D eigenvalue weighted by atomic mass is 16.6. The topological polar surface area (TPSA) is 53.6 Å². The summed E-state index contributed by atoms with van der Waals surface area (Å²) in [6.07, 6.45) is 3.16. The van der Waals surface area contributed by atoms with Gasteiger partial charge in [-0.25, -0.2) is 4.79 Å². The van der Waals surface area contributed by atoms with Crippen LogP contribution in [-0.2, 0) is 4.74 Å². The van der Waals surface area contributed by atoms with E-state index in [0.29, 0.717) is 12.6 Å². The van der Waals surface area contributed by atoms with Gasteiger partial charge in [-0.15, -0.1) is 0 Å². The summed E-state index contributed by atoms with van der Waals surface area (Å²) in [6, 6.07) is 0.556. The Kier molecular flexibility index (Phi) is 7.46. The molecule has 1 unspecified atom stereocenters. The number of nitrogens with one attached hydrogen (secondary N) is 2. The molecule has 1 rings (SSSR count). The summed E-state index contributed by atoms with van der Waals surface area (Å²) in [5.41, 5.74) is -0.426. The third-order valence-corrected chi connectivity index (χ3v) is 3.96. The predicted octanol–water partition coefficient (Wildman–Crippen LogP) is 2.22. The van der Waals surface area contributed by atoms with E-state index >= 15 is 0 Å². The van der Waals surface area contributed by atoms with Crippen molar-refractivity contribution in [3.8, 4) is 0 Å². The lowest BCUT2D eigenvalue weighted by Crippen LogP contribution is -2.41. The number of carbonyl (C=O) groups excluding carboxylic acids is 1. The number of likely N-dealkylation sites (tertiary alicyclic amines) is 1. The second-order valence-corrected chi connectivity index (χ2v) is 7.17. The molecule has 1 saturated heterocycles. The van der Waals surface area contributed by atoms with E-state index in [1.807, 2.05) is 20.8 Å². The van der Waals surface area contributed by atoms with Crippen molar-refractivity contribution < 1.29 is 9.53 Å². The molecule has 1 aliphatic rings. The van der Waals surface area contributed by atoms with Crippen molar-refractivity contribution in [2.24, 2.45) is 5.92 Å². The molecular weight excluding hydrogens is 266 g/mol. The third-order valence-electron chi connectivity index (χ3n) is 3.96. The normalized spacial score (nSPS) is 19.3. The molecule has 0 saturated carbocycles. The van der Waals surface area contributed by atoms with E-state index in [1.54, 1.807) is 0 Å². The van der Waals surface area contributed by atoms with Gasteiger partial charge in [0, 0.05) is 12.6 Å². The maximum Gasteiger partial charge on any atom is 0.407 e. The van der Waals surface area contributed by atoms with E-state index in [-0.39, 0.29) is 6.09 Å². The van der Waals surface area contributed by atoms with Crippen LogP contribution >= 0.6 is 0 Å². The number of hydrogen-bond donors (Lipinski definition) is 2. The van der Waals surface area contributed by atoms with E-state index in [1.165, 1.54) is 25.9 Å². The van der Waals surface area contributed by atoms with E-state index in [9.17, 15) is 4.79 Å². The lowest BCUT2D eigenvalue weighted by atomic mass is 9.90. The SMILES string of the molecule is CC(NCCCNC(=O)OC(C)(C)C)C1CCN(C)CC1. The van der Waals surface area contributed by atoms with Crippen molar-refractivity contribution in [3.63, 3.8) is 0 Å². The fraction of sp³-hybridized carbons (Fsp3) is 0.938. The van der Waals surface area contributed by atoms with E-state index in [4.69, 9.17) is 4.74 Å². The highest BCUT2D eigenvalue weighted by molar-refractivity contribution is 5.67. The minimum atomic E-state index is -0.426. The fourth-order valence-electron chi connectivity index (χ4n) is 2.62. The molecule has 5 nitrogen and oxygen atoms in total. The fourth-order valence-corrected chi connectivity index (χ4v) is 2.62. The molecule has 5 heteroatoms. The number of hydrogen-bond acceptors (Lipinski definition) is 4.